The van der Waals surface area contributed by atoms with Crippen molar-refractivity contribution in [1.82, 2.24) is 15.5 Å². The summed E-state index contributed by atoms with van der Waals surface area (Å²) in [6.07, 6.45) is 0. The fraction of sp³-hybridized carbons (Fsp3) is 0.500. The van der Waals surface area contributed by atoms with E-state index in [1.54, 1.807) is 19.2 Å². The van der Waals surface area contributed by atoms with Crippen LogP contribution in [0.4, 0.5) is 0 Å². The van der Waals surface area contributed by atoms with Gasteiger partial charge in [0.1, 0.15) is 0 Å². The van der Waals surface area contributed by atoms with E-state index in [0.29, 0.717) is 25.2 Å². The first-order chi connectivity index (χ1) is 12.5. The zero-order chi connectivity index (χ0) is 19.1. The Morgan fingerprint density at radius 1 is 1.30 bits per heavy atom. The number of ether oxygens (including phenoxy) is 1. The number of methoxy groups -OCH3 is 1. The Bertz CT molecular complexity index is 686. The van der Waals surface area contributed by atoms with Gasteiger partial charge in [0.2, 0.25) is 0 Å². The van der Waals surface area contributed by atoms with Gasteiger partial charge in [-0.05, 0) is 24.1 Å². The van der Waals surface area contributed by atoms with E-state index >= 15 is 0 Å². The molecule has 0 aliphatic carbocycles. The number of nitrogens with one attached hydrogen (secondary N) is 2. The monoisotopic (exact) mass is 552 g/mol. The molecule has 2 unspecified atom stereocenters. The topological polar surface area (TPSA) is 83.0 Å². The van der Waals surface area contributed by atoms with Gasteiger partial charge in [-0.1, -0.05) is 28.9 Å². The van der Waals surface area contributed by atoms with E-state index in [9.17, 15) is 9.59 Å². The van der Waals surface area contributed by atoms with Crippen LogP contribution in [-0.2, 0) is 9.53 Å². The van der Waals surface area contributed by atoms with Crippen molar-refractivity contribution in [3.8, 4) is 0 Å². The summed E-state index contributed by atoms with van der Waals surface area (Å²) < 4.78 is 5.73. The van der Waals surface area contributed by atoms with E-state index < -0.39 is 0 Å². The average molecular weight is 553 g/mol. The molecule has 1 aliphatic heterocycles. The maximum atomic E-state index is 12.1. The maximum absolute atomic E-state index is 12.1. The largest absolute Gasteiger partial charge is 0.469 e. The number of nitrogens with zero attached hydrogens (tertiary/aromatic N) is 2. The van der Waals surface area contributed by atoms with Crippen LogP contribution in [-0.4, -0.2) is 63.1 Å². The molecule has 0 aromatic heterocycles. The SMILES string of the molecule is CN=C(NCCNC(=O)c1cccc(Br)c1)N1CC(C)C(C(=O)OC)C1.I. The lowest BCUT2D eigenvalue weighted by molar-refractivity contribution is -0.145. The van der Waals surface area contributed by atoms with Crippen LogP contribution in [0.1, 0.15) is 17.3 Å². The number of hydrogen-bond donors (Lipinski definition) is 2. The first-order valence-corrected chi connectivity index (χ1v) is 9.32. The molecule has 1 aromatic rings. The van der Waals surface area contributed by atoms with Crippen molar-refractivity contribution < 1.29 is 14.3 Å². The molecule has 0 radical (unpaired) electrons. The summed E-state index contributed by atoms with van der Waals surface area (Å²) in [6.45, 7) is 4.36. The fourth-order valence-electron chi connectivity index (χ4n) is 3.01. The zero-order valence-corrected chi connectivity index (χ0v) is 19.6. The molecule has 9 heteroatoms. The molecular formula is C18H26BrIN4O3. The van der Waals surface area contributed by atoms with Gasteiger partial charge in [-0.2, -0.15) is 0 Å². The first-order valence-electron chi connectivity index (χ1n) is 8.53. The quantitative estimate of drug-likeness (QED) is 0.192. The van der Waals surface area contributed by atoms with Crippen LogP contribution >= 0.6 is 39.9 Å². The fourth-order valence-corrected chi connectivity index (χ4v) is 3.41. The summed E-state index contributed by atoms with van der Waals surface area (Å²) in [5.41, 5.74) is 0.609. The van der Waals surface area contributed by atoms with Crippen LogP contribution in [0.5, 0.6) is 0 Å². The van der Waals surface area contributed by atoms with E-state index in [4.69, 9.17) is 4.74 Å². The Morgan fingerprint density at radius 3 is 2.63 bits per heavy atom. The van der Waals surface area contributed by atoms with Gasteiger partial charge in [0.25, 0.3) is 5.91 Å². The summed E-state index contributed by atoms with van der Waals surface area (Å²) in [7, 11) is 3.12. The molecular weight excluding hydrogens is 527 g/mol. The van der Waals surface area contributed by atoms with Crippen molar-refractivity contribution in [2.75, 3.05) is 40.3 Å². The van der Waals surface area contributed by atoms with Crippen molar-refractivity contribution in [2.24, 2.45) is 16.8 Å². The second-order valence-electron chi connectivity index (χ2n) is 6.25. The van der Waals surface area contributed by atoms with E-state index in [2.05, 4.69) is 31.6 Å². The first kappa shape index (κ1) is 23.7. The molecule has 150 valence electrons. The number of amides is 1. The van der Waals surface area contributed by atoms with Gasteiger partial charge in [0, 0.05) is 43.3 Å². The molecule has 1 aromatic carbocycles. The third-order valence-electron chi connectivity index (χ3n) is 4.41. The van der Waals surface area contributed by atoms with Crippen LogP contribution in [0.25, 0.3) is 0 Å². The normalized spacial score (nSPS) is 19.3. The third-order valence-corrected chi connectivity index (χ3v) is 4.90. The molecule has 0 spiro atoms. The molecule has 7 nitrogen and oxygen atoms in total. The van der Waals surface area contributed by atoms with Gasteiger partial charge < -0.3 is 20.3 Å². The molecule has 1 amide bonds. The van der Waals surface area contributed by atoms with Crippen molar-refractivity contribution >= 4 is 57.7 Å². The smallest absolute Gasteiger partial charge is 0.310 e. The number of esters is 1. The molecule has 1 fully saturated rings. The minimum Gasteiger partial charge on any atom is -0.469 e. The standard InChI is InChI=1S/C18H25BrN4O3.HI/c1-12-10-23(11-15(12)17(25)26-3)18(20-2)22-8-7-21-16(24)13-5-4-6-14(19)9-13;/h4-6,9,12,15H,7-8,10-11H2,1-3H3,(H,20,22)(H,21,24);1H. The lowest BCUT2D eigenvalue weighted by Gasteiger charge is -2.21. The van der Waals surface area contributed by atoms with Crippen LogP contribution in [0.3, 0.4) is 0 Å². The van der Waals surface area contributed by atoms with Crippen LogP contribution in [0.2, 0.25) is 0 Å². The number of carbonyl (C=O) groups is 2. The van der Waals surface area contributed by atoms with Crippen LogP contribution < -0.4 is 10.6 Å². The summed E-state index contributed by atoms with van der Waals surface area (Å²) in [4.78, 5) is 30.2. The molecule has 1 aliphatic rings. The number of guanidine groups is 1. The minimum atomic E-state index is -0.184. The Hall–Kier alpha value is -1.36. The second kappa shape index (κ2) is 11.5. The number of benzene rings is 1. The zero-order valence-electron chi connectivity index (χ0n) is 15.7. The van der Waals surface area contributed by atoms with Gasteiger partial charge in [-0.15, -0.1) is 24.0 Å². The van der Waals surface area contributed by atoms with Crippen molar-refractivity contribution in [2.45, 2.75) is 6.92 Å². The Kier molecular flexibility index (Phi) is 10.1. The van der Waals surface area contributed by atoms with Crippen molar-refractivity contribution in [3.63, 3.8) is 0 Å². The highest BCUT2D eigenvalue weighted by atomic mass is 127. The molecule has 2 N–H and O–H groups in total. The Balaban J connectivity index is 0.00000364. The number of hydrogen-bond acceptors (Lipinski definition) is 4. The summed E-state index contributed by atoms with van der Waals surface area (Å²) in [5, 5.41) is 6.10. The van der Waals surface area contributed by atoms with Crippen LogP contribution in [0, 0.1) is 11.8 Å². The van der Waals surface area contributed by atoms with Gasteiger partial charge in [0.15, 0.2) is 5.96 Å². The summed E-state index contributed by atoms with van der Waals surface area (Å²) >= 11 is 3.36. The predicted octanol–water partition coefficient (Wildman–Crippen LogP) is 2.11. The number of aliphatic imine (C=N–C) groups is 1. The van der Waals surface area contributed by atoms with E-state index in [0.717, 1.165) is 17.0 Å². The Morgan fingerprint density at radius 2 is 2.00 bits per heavy atom. The van der Waals surface area contributed by atoms with Gasteiger partial charge >= 0.3 is 5.97 Å². The maximum Gasteiger partial charge on any atom is 0.310 e. The molecule has 0 bridgehead atoms. The van der Waals surface area contributed by atoms with Crippen LogP contribution in [0.15, 0.2) is 33.7 Å². The predicted molar refractivity (Wildman–Crippen MR) is 119 cm³/mol. The van der Waals surface area contributed by atoms with Gasteiger partial charge in [-0.3, -0.25) is 14.6 Å². The van der Waals surface area contributed by atoms with Crippen molar-refractivity contribution in [1.29, 1.82) is 0 Å². The van der Waals surface area contributed by atoms with Crippen molar-refractivity contribution in [3.05, 3.63) is 34.3 Å². The molecule has 1 heterocycles. The summed E-state index contributed by atoms with van der Waals surface area (Å²) in [5.74, 6) is 0.479. The number of halogens is 2. The molecule has 1 saturated heterocycles. The lowest BCUT2D eigenvalue weighted by atomic mass is 9.99. The van der Waals surface area contributed by atoms with Gasteiger partial charge in [-0.25, -0.2) is 0 Å². The van der Waals surface area contributed by atoms with Gasteiger partial charge in [0.05, 0.1) is 13.0 Å². The third kappa shape index (κ3) is 6.63. The molecule has 2 rings (SSSR count). The molecule has 27 heavy (non-hydrogen) atoms. The molecule has 2 atom stereocenters. The minimum absolute atomic E-state index is 0. The lowest BCUT2D eigenvalue weighted by Crippen LogP contribution is -2.43. The highest BCUT2D eigenvalue weighted by molar-refractivity contribution is 14.0. The number of likely N-dealkylation sites (tertiary alicyclic amines) is 1. The summed E-state index contributed by atoms with van der Waals surface area (Å²) in [6, 6.07) is 7.25. The average Bonchev–Trinajstić information content (AvgIpc) is 3.02. The highest BCUT2D eigenvalue weighted by Gasteiger charge is 2.36. The number of rotatable bonds is 5. The van der Waals surface area contributed by atoms with E-state index in [1.807, 2.05) is 24.0 Å². The second-order valence-corrected chi connectivity index (χ2v) is 7.17. The van der Waals surface area contributed by atoms with E-state index in [-0.39, 0.29) is 47.7 Å². The highest BCUT2D eigenvalue weighted by Crippen LogP contribution is 2.23. The number of carbonyl (C=O) groups excluding carboxylic acids is 2. The van der Waals surface area contributed by atoms with E-state index in [1.165, 1.54) is 7.11 Å². The Labute approximate surface area is 185 Å². The molecule has 0 saturated carbocycles.